The van der Waals surface area contributed by atoms with Crippen molar-refractivity contribution in [3.05, 3.63) is 41.2 Å². The molecular weight excluding hydrogens is 330 g/mol. The number of Topliss-reactive ketones (excluding diaryl/α,β-unsaturated/α-hetero) is 1. The highest BCUT2D eigenvalue weighted by Gasteiger charge is 2.51. The van der Waals surface area contributed by atoms with Gasteiger partial charge in [-0.05, 0) is 49.8 Å². The first-order valence-corrected chi connectivity index (χ1v) is 9.46. The summed E-state index contributed by atoms with van der Waals surface area (Å²) in [5.74, 6) is 1.28. The number of carbonyl (C=O) groups excluding carboxylic acids is 2. The summed E-state index contributed by atoms with van der Waals surface area (Å²) in [6.07, 6.45) is 2.57. The second-order valence-electron chi connectivity index (χ2n) is 7.61. The smallest absolute Gasteiger partial charge is 0.289 e. The summed E-state index contributed by atoms with van der Waals surface area (Å²) < 4.78 is 11.7. The molecule has 5 heteroatoms. The predicted octanol–water partition coefficient (Wildman–Crippen LogP) is 3.26. The highest BCUT2D eigenvalue weighted by Crippen LogP contribution is 2.47. The van der Waals surface area contributed by atoms with Crippen LogP contribution in [0.4, 0.5) is 0 Å². The summed E-state index contributed by atoms with van der Waals surface area (Å²) in [6, 6.07) is 7.24. The third-order valence-corrected chi connectivity index (χ3v) is 5.83. The molecule has 5 nitrogen and oxygen atoms in total. The first-order valence-electron chi connectivity index (χ1n) is 9.46. The molecule has 0 radical (unpaired) electrons. The highest BCUT2D eigenvalue weighted by atomic mass is 16.5. The van der Waals surface area contributed by atoms with Gasteiger partial charge >= 0.3 is 0 Å². The minimum Gasteiger partial charge on any atom is -0.494 e. The Kier molecular flexibility index (Phi) is 4.25. The first kappa shape index (κ1) is 17.1. The van der Waals surface area contributed by atoms with Crippen molar-refractivity contribution in [3.8, 4) is 5.75 Å². The Labute approximate surface area is 154 Å². The lowest BCUT2D eigenvalue weighted by Gasteiger charge is -2.37. The van der Waals surface area contributed by atoms with E-state index in [2.05, 4.69) is 6.92 Å². The van der Waals surface area contributed by atoms with Crippen LogP contribution in [0.15, 0.2) is 35.6 Å². The van der Waals surface area contributed by atoms with Crippen LogP contribution < -0.4 is 4.74 Å². The Balaban J connectivity index is 1.74. The van der Waals surface area contributed by atoms with Crippen LogP contribution in [0.25, 0.3) is 0 Å². The van der Waals surface area contributed by atoms with Crippen molar-refractivity contribution < 1.29 is 19.1 Å². The molecule has 138 valence electrons. The average molecular weight is 355 g/mol. The number of nitrogens with zero attached hydrogens (tertiary/aromatic N) is 1. The Morgan fingerprint density at radius 2 is 2.08 bits per heavy atom. The number of carbonyl (C=O) groups is 2. The van der Waals surface area contributed by atoms with E-state index in [0.717, 1.165) is 30.6 Å². The van der Waals surface area contributed by atoms with E-state index in [4.69, 9.17) is 9.47 Å². The zero-order chi connectivity index (χ0) is 18.4. The molecule has 0 saturated heterocycles. The number of likely N-dealkylation sites (N-methyl/N-ethyl adjacent to an activating group) is 1. The van der Waals surface area contributed by atoms with Gasteiger partial charge in [-0.2, -0.15) is 0 Å². The second-order valence-corrected chi connectivity index (χ2v) is 7.61. The van der Waals surface area contributed by atoms with E-state index >= 15 is 0 Å². The zero-order valence-corrected chi connectivity index (χ0v) is 15.5. The molecule has 2 aliphatic heterocycles. The molecule has 1 aromatic carbocycles. The molecule has 0 spiro atoms. The lowest BCUT2D eigenvalue weighted by atomic mass is 9.74. The quantitative estimate of drug-likeness (QED) is 0.835. The van der Waals surface area contributed by atoms with Gasteiger partial charge in [0.1, 0.15) is 11.9 Å². The van der Waals surface area contributed by atoms with Crippen LogP contribution in [-0.2, 0) is 14.3 Å². The van der Waals surface area contributed by atoms with Crippen molar-refractivity contribution in [2.75, 3.05) is 13.7 Å². The van der Waals surface area contributed by atoms with Gasteiger partial charge in [0, 0.05) is 7.05 Å². The van der Waals surface area contributed by atoms with E-state index in [9.17, 15) is 9.59 Å². The van der Waals surface area contributed by atoms with Crippen molar-refractivity contribution in [3.63, 3.8) is 0 Å². The zero-order valence-electron chi connectivity index (χ0n) is 15.5. The molecule has 1 saturated carbocycles. The van der Waals surface area contributed by atoms with Gasteiger partial charge < -0.3 is 14.4 Å². The number of rotatable bonds is 3. The van der Waals surface area contributed by atoms with Gasteiger partial charge in [0.05, 0.1) is 24.1 Å². The maximum atomic E-state index is 13.3. The van der Waals surface area contributed by atoms with Crippen molar-refractivity contribution >= 4 is 11.7 Å². The summed E-state index contributed by atoms with van der Waals surface area (Å²) in [6.45, 7) is 4.68. The second kappa shape index (κ2) is 6.45. The topological polar surface area (TPSA) is 55.8 Å². The monoisotopic (exact) mass is 355 g/mol. The summed E-state index contributed by atoms with van der Waals surface area (Å²) in [7, 11) is 1.74. The van der Waals surface area contributed by atoms with Gasteiger partial charge in [0.2, 0.25) is 0 Å². The van der Waals surface area contributed by atoms with Gasteiger partial charge in [0.25, 0.3) is 5.91 Å². The number of fused-ring (bicyclic) bond motifs is 1. The standard InChI is InChI=1S/C21H25NO4/c1-4-25-14-7-5-6-13(11-14)18-17-19(23)15-10-12(2)8-9-16(15)26-20(17)21(24)22(18)3/h5-7,11-12,15-16,18H,4,8-10H2,1-3H3. The number of ketones is 1. The average Bonchev–Trinajstić information content (AvgIpc) is 2.88. The van der Waals surface area contributed by atoms with Crippen LogP contribution in [0.1, 0.15) is 44.7 Å². The first-order chi connectivity index (χ1) is 12.5. The highest BCUT2D eigenvalue weighted by molar-refractivity contribution is 6.11. The Morgan fingerprint density at radius 1 is 1.27 bits per heavy atom. The molecule has 1 fully saturated rings. The Bertz CT molecular complexity index is 784. The number of ether oxygens (including phenoxy) is 2. The van der Waals surface area contributed by atoms with Gasteiger partial charge in [-0.25, -0.2) is 0 Å². The maximum absolute atomic E-state index is 13.3. The summed E-state index contributed by atoms with van der Waals surface area (Å²) >= 11 is 0. The summed E-state index contributed by atoms with van der Waals surface area (Å²) in [5, 5.41) is 0. The molecule has 1 amide bonds. The minimum absolute atomic E-state index is 0.0901. The lowest BCUT2D eigenvalue weighted by molar-refractivity contribution is -0.135. The Morgan fingerprint density at radius 3 is 2.85 bits per heavy atom. The van der Waals surface area contributed by atoms with Gasteiger partial charge in [-0.1, -0.05) is 19.1 Å². The van der Waals surface area contributed by atoms with Crippen LogP contribution in [0.3, 0.4) is 0 Å². The largest absolute Gasteiger partial charge is 0.494 e. The molecule has 0 N–H and O–H groups in total. The third kappa shape index (κ3) is 2.61. The fourth-order valence-electron chi connectivity index (χ4n) is 4.52. The number of hydrogen-bond acceptors (Lipinski definition) is 4. The molecule has 3 aliphatic rings. The number of benzene rings is 1. The molecule has 4 unspecified atom stereocenters. The molecule has 26 heavy (non-hydrogen) atoms. The third-order valence-electron chi connectivity index (χ3n) is 5.83. The summed E-state index contributed by atoms with van der Waals surface area (Å²) in [5.41, 5.74) is 1.41. The minimum atomic E-state index is -0.399. The van der Waals surface area contributed by atoms with E-state index in [1.54, 1.807) is 11.9 Å². The lowest BCUT2D eigenvalue weighted by Crippen LogP contribution is -2.41. The van der Waals surface area contributed by atoms with Gasteiger partial charge in [0.15, 0.2) is 11.5 Å². The number of hydrogen-bond donors (Lipinski definition) is 0. The van der Waals surface area contributed by atoms with Crippen LogP contribution in [0.2, 0.25) is 0 Å². The van der Waals surface area contributed by atoms with Crippen LogP contribution in [0, 0.1) is 11.8 Å². The molecule has 4 rings (SSSR count). The van der Waals surface area contributed by atoms with E-state index in [-0.39, 0.29) is 29.5 Å². The van der Waals surface area contributed by atoms with E-state index in [0.29, 0.717) is 18.1 Å². The van der Waals surface area contributed by atoms with Crippen molar-refractivity contribution in [1.29, 1.82) is 0 Å². The van der Waals surface area contributed by atoms with Crippen molar-refractivity contribution in [2.45, 2.75) is 45.3 Å². The van der Waals surface area contributed by atoms with Crippen LogP contribution in [0.5, 0.6) is 5.75 Å². The van der Waals surface area contributed by atoms with Crippen LogP contribution in [-0.4, -0.2) is 36.3 Å². The van der Waals surface area contributed by atoms with Crippen LogP contribution >= 0.6 is 0 Å². The molecular formula is C21H25NO4. The molecule has 0 aromatic heterocycles. The normalized spacial score (nSPS) is 30.8. The summed E-state index contributed by atoms with van der Waals surface area (Å²) in [4.78, 5) is 27.7. The van der Waals surface area contributed by atoms with E-state index in [1.165, 1.54) is 0 Å². The van der Waals surface area contributed by atoms with Crippen molar-refractivity contribution in [2.24, 2.45) is 11.8 Å². The Hall–Kier alpha value is -2.30. The molecule has 2 heterocycles. The van der Waals surface area contributed by atoms with Gasteiger partial charge in [-0.15, -0.1) is 0 Å². The molecule has 0 bridgehead atoms. The van der Waals surface area contributed by atoms with E-state index in [1.807, 2.05) is 31.2 Å². The molecule has 1 aromatic rings. The number of amides is 1. The van der Waals surface area contributed by atoms with Gasteiger partial charge in [-0.3, -0.25) is 9.59 Å². The predicted molar refractivity (Wildman–Crippen MR) is 96.5 cm³/mol. The fraction of sp³-hybridized carbons (Fsp3) is 0.524. The maximum Gasteiger partial charge on any atom is 0.289 e. The SMILES string of the molecule is CCOc1cccc(C2C3=C(OC4CCC(C)CC4C3=O)C(=O)N2C)c1. The molecule has 1 aliphatic carbocycles. The van der Waals surface area contributed by atoms with Crippen molar-refractivity contribution in [1.82, 2.24) is 4.90 Å². The van der Waals surface area contributed by atoms with E-state index < -0.39 is 6.04 Å². The molecule has 4 atom stereocenters. The fourth-order valence-corrected chi connectivity index (χ4v) is 4.52.